The lowest BCUT2D eigenvalue weighted by atomic mass is 10.1. The Labute approximate surface area is 147 Å². The van der Waals surface area contributed by atoms with Crippen LogP contribution in [0.5, 0.6) is 17.2 Å². The summed E-state index contributed by atoms with van der Waals surface area (Å²) in [6.07, 6.45) is 1.54. The number of hydrogen-bond acceptors (Lipinski definition) is 8. The van der Waals surface area contributed by atoms with E-state index in [4.69, 9.17) is 14.2 Å². The first-order valence-electron chi connectivity index (χ1n) is 7.28. The Balaban J connectivity index is 1.91. The summed E-state index contributed by atoms with van der Waals surface area (Å²) in [5, 5.41) is -0.526. The summed E-state index contributed by atoms with van der Waals surface area (Å²) in [5.41, 5.74) is 0.609. The molecule has 0 aliphatic carbocycles. The van der Waals surface area contributed by atoms with Gasteiger partial charge >= 0.3 is 5.97 Å². The predicted octanol–water partition coefficient (Wildman–Crippen LogP) is 2.02. The molecule has 0 radical (unpaired) electrons. The van der Waals surface area contributed by atoms with Crippen molar-refractivity contribution in [1.29, 1.82) is 0 Å². The second kappa shape index (κ2) is 6.67. The summed E-state index contributed by atoms with van der Waals surface area (Å²) >= 11 is 0.757. The number of carbonyl (C=O) groups excluding carboxylic acids is 3. The highest BCUT2D eigenvalue weighted by molar-refractivity contribution is 8.18. The first kappa shape index (κ1) is 17.2. The van der Waals surface area contributed by atoms with E-state index >= 15 is 0 Å². The number of imide groups is 1. The van der Waals surface area contributed by atoms with Gasteiger partial charge in [-0.2, -0.15) is 0 Å². The fourth-order valence-electron chi connectivity index (χ4n) is 2.47. The SMILES string of the molecule is COC(=O)[C@H](C)N1C(=O)S/C(=C/c2cc(OC)c3c(c2)OCO3)C1=O. The molecule has 1 aromatic carbocycles. The molecular formula is C16H15NO7S. The van der Waals surface area contributed by atoms with Crippen LogP contribution in [-0.4, -0.2) is 49.1 Å². The number of benzene rings is 1. The molecule has 1 saturated heterocycles. The Hall–Kier alpha value is -2.68. The summed E-state index contributed by atoms with van der Waals surface area (Å²) in [6, 6.07) is 2.36. The largest absolute Gasteiger partial charge is 0.493 e. The molecule has 0 spiro atoms. The van der Waals surface area contributed by atoms with E-state index in [1.807, 2.05) is 0 Å². The van der Waals surface area contributed by atoms with Gasteiger partial charge in [0.15, 0.2) is 11.5 Å². The van der Waals surface area contributed by atoms with Gasteiger partial charge in [0.05, 0.1) is 19.1 Å². The summed E-state index contributed by atoms with van der Waals surface area (Å²) in [6.45, 7) is 1.52. The summed E-state index contributed by atoms with van der Waals surface area (Å²) in [7, 11) is 2.69. The number of hydrogen-bond donors (Lipinski definition) is 0. The van der Waals surface area contributed by atoms with E-state index in [-0.39, 0.29) is 11.7 Å². The third-order valence-corrected chi connectivity index (χ3v) is 4.62. The van der Waals surface area contributed by atoms with Gasteiger partial charge in [0.2, 0.25) is 12.5 Å². The zero-order valence-electron chi connectivity index (χ0n) is 13.7. The first-order valence-corrected chi connectivity index (χ1v) is 8.10. The van der Waals surface area contributed by atoms with Crippen molar-refractivity contribution < 1.29 is 33.3 Å². The van der Waals surface area contributed by atoms with E-state index in [1.54, 1.807) is 18.2 Å². The van der Waals surface area contributed by atoms with Crippen LogP contribution in [0.3, 0.4) is 0 Å². The fraction of sp³-hybridized carbons (Fsp3) is 0.312. The molecule has 2 aliphatic heterocycles. The first-order chi connectivity index (χ1) is 12.0. The Bertz CT molecular complexity index is 789. The molecule has 0 bridgehead atoms. The van der Waals surface area contributed by atoms with Crippen LogP contribution in [0.15, 0.2) is 17.0 Å². The quantitative estimate of drug-likeness (QED) is 0.591. The molecule has 1 fully saturated rings. The lowest BCUT2D eigenvalue weighted by Crippen LogP contribution is -2.42. The predicted molar refractivity (Wildman–Crippen MR) is 88.4 cm³/mol. The van der Waals surface area contributed by atoms with Crippen LogP contribution < -0.4 is 14.2 Å². The normalized spacial score (nSPS) is 18.7. The Kier molecular flexibility index (Phi) is 4.58. The lowest BCUT2D eigenvalue weighted by Gasteiger charge is -2.18. The average molecular weight is 365 g/mol. The molecule has 8 nitrogen and oxygen atoms in total. The molecule has 0 unspecified atom stereocenters. The molecular weight excluding hydrogens is 350 g/mol. The Morgan fingerprint density at radius 1 is 1.32 bits per heavy atom. The van der Waals surface area contributed by atoms with Crippen molar-refractivity contribution in [1.82, 2.24) is 4.90 Å². The van der Waals surface area contributed by atoms with E-state index in [9.17, 15) is 14.4 Å². The molecule has 25 heavy (non-hydrogen) atoms. The van der Waals surface area contributed by atoms with Crippen LogP contribution >= 0.6 is 11.8 Å². The highest BCUT2D eigenvalue weighted by Gasteiger charge is 2.41. The number of carbonyl (C=O) groups is 3. The van der Waals surface area contributed by atoms with E-state index in [1.165, 1.54) is 21.1 Å². The van der Waals surface area contributed by atoms with Crippen molar-refractivity contribution in [3.63, 3.8) is 0 Å². The van der Waals surface area contributed by atoms with Crippen molar-refractivity contribution >= 4 is 35.0 Å². The molecule has 2 aliphatic rings. The van der Waals surface area contributed by atoms with Gasteiger partial charge in [-0.05, 0) is 42.5 Å². The van der Waals surface area contributed by atoms with Gasteiger partial charge in [-0.25, -0.2) is 4.79 Å². The monoisotopic (exact) mass is 365 g/mol. The van der Waals surface area contributed by atoms with E-state index in [2.05, 4.69) is 4.74 Å². The number of thioether (sulfide) groups is 1. The van der Waals surface area contributed by atoms with E-state index in [0.717, 1.165) is 16.7 Å². The highest BCUT2D eigenvalue weighted by Crippen LogP contribution is 2.43. The van der Waals surface area contributed by atoms with Crippen LogP contribution in [0.4, 0.5) is 4.79 Å². The maximum absolute atomic E-state index is 12.5. The van der Waals surface area contributed by atoms with Crippen LogP contribution in [0.2, 0.25) is 0 Å². The third kappa shape index (κ3) is 3.02. The average Bonchev–Trinajstić information content (AvgIpc) is 3.17. The minimum Gasteiger partial charge on any atom is -0.493 e. The number of ether oxygens (including phenoxy) is 4. The molecule has 0 N–H and O–H groups in total. The molecule has 2 heterocycles. The number of amides is 2. The van der Waals surface area contributed by atoms with Crippen LogP contribution in [0, 0.1) is 0 Å². The molecule has 2 amide bonds. The number of fused-ring (bicyclic) bond motifs is 1. The van der Waals surface area contributed by atoms with Gasteiger partial charge in [-0.3, -0.25) is 14.5 Å². The summed E-state index contributed by atoms with van der Waals surface area (Å²) in [5.74, 6) is 0.237. The van der Waals surface area contributed by atoms with Crippen LogP contribution in [0.1, 0.15) is 12.5 Å². The molecule has 0 saturated carbocycles. The topological polar surface area (TPSA) is 91.4 Å². The van der Waals surface area contributed by atoms with Gasteiger partial charge in [0.1, 0.15) is 6.04 Å². The Morgan fingerprint density at radius 3 is 2.76 bits per heavy atom. The summed E-state index contributed by atoms with van der Waals surface area (Å²) in [4.78, 5) is 37.3. The van der Waals surface area contributed by atoms with Crippen LogP contribution in [-0.2, 0) is 14.3 Å². The van der Waals surface area contributed by atoms with Crippen molar-refractivity contribution in [3.05, 3.63) is 22.6 Å². The van der Waals surface area contributed by atoms with Gasteiger partial charge in [-0.1, -0.05) is 0 Å². The van der Waals surface area contributed by atoms with Gasteiger partial charge < -0.3 is 18.9 Å². The lowest BCUT2D eigenvalue weighted by molar-refractivity contribution is -0.148. The van der Waals surface area contributed by atoms with Crippen molar-refractivity contribution in [2.45, 2.75) is 13.0 Å². The molecule has 1 atom stereocenters. The molecule has 9 heteroatoms. The molecule has 1 aromatic rings. The summed E-state index contributed by atoms with van der Waals surface area (Å²) < 4.78 is 20.5. The van der Waals surface area contributed by atoms with Crippen molar-refractivity contribution in [2.75, 3.05) is 21.0 Å². The zero-order chi connectivity index (χ0) is 18.1. The molecule has 0 aromatic heterocycles. The fourth-order valence-corrected chi connectivity index (χ4v) is 3.38. The number of methoxy groups -OCH3 is 2. The standard InChI is InChI=1S/C16H15NO7S/c1-8(15(19)22-3)17-14(18)12(25-16(17)20)6-9-4-10(21-2)13-11(5-9)23-7-24-13/h4-6,8H,7H2,1-3H3/b12-6+/t8-/m0/s1. The van der Waals surface area contributed by atoms with Gasteiger partial charge in [-0.15, -0.1) is 0 Å². The minimum absolute atomic E-state index is 0.0856. The van der Waals surface area contributed by atoms with Gasteiger partial charge in [0.25, 0.3) is 11.1 Å². The minimum atomic E-state index is -0.991. The number of nitrogens with zero attached hydrogens (tertiary/aromatic N) is 1. The maximum atomic E-state index is 12.5. The van der Waals surface area contributed by atoms with Gasteiger partial charge in [0, 0.05) is 0 Å². The smallest absolute Gasteiger partial charge is 0.328 e. The maximum Gasteiger partial charge on any atom is 0.328 e. The second-order valence-corrected chi connectivity index (χ2v) is 6.20. The highest BCUT2D eigenvalue weighted by atomic mass is 32.2. The van der Waals surface area contributed by atoms with E-state index in [0.29, 0.717) is 22.8 Å². The van der Waals surface area contributed by atoms with Crippen molar-refractivity contribution in [2.24, 2.45) is 0 Å². The third-order valence-electron chi connectivity index (χ3n) is 3.73. The number of rotatable bonds is 4. The zero-order valence-corrected chi connectivity index (χ0v) is 14.5. The Morgan fingerprint density at radius 2 is 2.08 bits per heavy atom. The number of esters is 1. The molecule has 3 rings (SSSR count). The van der Waals surface area contributed by atoms with Crippen molar-refractivity contribution in [3.8, 4) is 17.2 Å². The van der Waals surface area contributed by atoms with E-state index < -0.39 is 23.2 Å². The molecule has 132 valence electrons. The van der Waals surface area contributed by atoms with Crippen LogP contribution in [0.25, 0.3) is 6.08 Å². The second-order valence-electron chi connectivity index (χ2n) is 5.21.